The van der Waals surface area contributed by atoms with Crippen LogP contribution in [0.3, 0.4) is 0 Å². The van der Waals surface area contributed by atoms with Gasteiger partial charge in [0.2, 0.25) is 0 Å². The number of hydrogen-bond acceptors (Lipinski definition) is 3. The van der Waals surface area contributed by atoms with E-state index in [0.29, 0.717) is 16.9 Å². The largest absolute Gasteiger partial charge is 0.459 e. The maximum atomic E-state index is 12.6. The van der Waals surface area contributed by atoms with E-state index in [1.165, 1.54) is 6.26 Å². The lowest BCUT2D eigenvalue weighted by Crippen LogP contribution is -2.15. The molecule has 26 heavy (non-hydrogen) atoms. The molecule has 0 saturated carbocycles. The number of anilines is 2. The molecule has 0 unspecified atom stereocenters. The Morgan fingerprint density at radius 1 is 0.923 bits per heavy atom. The second-order valence-electron chi connectivity index (χ2n) is 5.90. The van der Waals surface area contributed by atoms with Gasteiger partial charge in [-0.3, -0.25) is 9.59 Å². The Hall–Kier alpha value is -2.86. The molecule has 2 N–H and O–H groups in total. The summed E-state index contributed by atoms with van der Waals surface area (Å²) >= 11 is 3.45. The molecule has 0 bridgehead atoms. The summed E-state index contributed by atoms with van der Waals surface area (Å²) in [7, 11) is 0. The van der Waals surface area contributed by atoms with Gasteiger partial charge in [-0.15, -0.1) is 0 Å². The van der Waals surface area contributed by atoms with Gasteiger partial charge in [0, 0.05) is 15.7 Å². The highest BCUT2D eigenvalue weighted by molar-refractivity contribution is 9.10. The summed E-state index contributed by atoms with van der Waals surface area (Å²) in [4.78, 5) is 24.7. The fourth-order valence-electron chi connectivity index (χ4n) is 2.41. The number of amides is 2. The Bertz CT molecular complexity index is 965. The average Bonchev–Trinajstić information content (AvgIpc) is 3.14. The Morgan fingerprint density at radius 2 is 1.69 bits per heavy atom. The molecule has 3 rings (SSSR count). The second-order valence-corrected chi connectivity index (χ2v) is 6.75. The molecule has 132 valence electrons. The van der Waals surface area contributed by atoms with Crippen molar-refractivity contribution in [1.29, 1.82) is 0 Å². The number of rotatable bonds is 4. The molecule has 0 aliphatic rings. The zero-order chi connectivity index (χ0) is 18.7. The van der Waals surface area contributed by atoms with Crippen LogP contribution in [0.5, 0.6) is 0 Å². The monoisotopic (exact) mass is 412 g/mol. The lowest BCUT2D eigenvalue weighted by atomic mass is 10.1. The molecular formula is C20H17BrN2O3. The Balaban J connectivity index is 1.80. The summed E-state index contributed by atoms with van der Waals surface area (Å²) in [6, 6.07) is 14.1. The number of benzene rings is 2. The van der Waals surface area contributed by atoms with Crippen molar-refractivity contribution in [3.63, 3.8) is 0 Å². The molecule has 0 aliphatic carbocycles. The van der Waals surface area contributed by atoms with Gasteiger partial charge in [0.05, 0.1) is 12.0 Å². The highest BCUT2D eigenvalue weighted by Gasteiger charge is 2.14. The molecule has 1 aromatic heterocycles. The van der Waals surface area contributed by atoms with Crippen molar-refractivity contribution in [1.82, 2.24) is 0 Å². The van der Waals surface area contributed by atoms with Gasteiger partial charge in [-0.2, -0.15) is 0 Å². The quantitative estimate of drug-likeness (QED) is 0.621. The highest BCUT2D eigenvalue weighted by atomic mass is 79.9. The van der Waals surface area contributed by atoms with Crippen LogP contribution in [0, 0.1) is 13.8 Å². The minimum Gasteiger partial charge on any atom is -0.459 e. The summed E-state index contributed by atoms with van der Waals surface area (Å²) in [6.45, 7) is 3.83. The van der Waals surface area contributed by atoms with E-state index in [0.717, 1.165) is 15.6 Å². The van der Waals surface area contributed by atoms with Gasteiger partial charge in [-0.25, -0.2) is 0 Å². The van der Waals surface area contributed by atoms with Crippen LogP contribution in [-0.2, 0) is 0 Å². The highest BCUT2D eigenvalue weighted by Crippen LogP contribution is 2.25. The smallest absolute Gasteiger partial charge is 0.291 e. The molecule has 0 spiro atoms. The first-order valence-electron chi connectivity index (χ1n) is 7.97. The van der Waals surface area contributed by atoms with Crippen molar-refractivity contribution in [3.8, 4) is 0 Å². The first-order valence-corrected chi connectivity index (χ1v) is 8.76. The molecule has 2 aromatic carbocycles. The Labute approximate surface area is 159 Å². The van der Waals surface area contributed by atoms with E-state index in [1.807, 2.05) is 32.0 Å². The van der Waals surface area contributed by atoms with Crippen LogP contribution in [0.15, 0.2) is 63.7 Å². The number of hydrogen-bond donors (Lipinski definition) is 2. The maximum absolute atomic E-state index is 12.6. The molecule has 6 heteroatoms. The van der Waals surface area contributed by atoms with Gasteiger partial charge in [0.15, 0.2) is 5.76 Å². The van der Waals surface area contributed by atoms with Gasteiger partial charge < -0.3 is 15.1 Å². The minimum absolute atomic E-state index is 0.211. The summed E-state index contributed by atoms with van der Waals surface area (Å²) in [5, 5.41) is 5.63. The van der Waals surface area contributed by atoms with Gasteiger partial charge in [-0.1, -0.05) is 12.1 Å². The molecule has 5 nitrogen and oxygen atoms in total. The SMILES string of the molecule is Cc1ccc(NC(=O)c2ccc(C)c(NC(=O)c3ccco3)c2)c(Br)c1. The average molecular weight is 413 g/mol. The lowest BCUT2D eigenvalue weighted by Gasteiger charge is -2.11. The molecule has 0 saturated heterocycles. The molecule has 0 fully saturated rings. The Morgan fingerprint density at radius 3 is 2.38 bits per heavy atom. The predicted molar refractivity (Wildman–Crippen MR) is 105 cm³/mol. The maximum Gasteiger partial charge on any atom is 0.291 e. The zero-order valence-electron chi connectivity index (χ0n) is 14.3. The van der Waals surface area contributed by atoms with Crippen LogP contribution in [0.1, 0.15) is 32.0 Å². The van der Waals surface area contributed by atoms with E-state index < -0.39 is 0 Å². The number of nitrogens with one attached hydrogen (secondary N) is 2. The van der Waals surface area contributed by atoms with Crippen LogP contribution in [0.4, 0.5) is 11.4 Å². The third-order valence-corrected chi connectivity index (χ3v) is 4.52. The van der Waals surface area contributed by atoms with Crippen molar-refractivity contribution in [2.24, 2.45) is 0 Å². The summed E-state index contributed by atoms with van der Waals surface area (Å²) in [6.07, 6.45) is 1.44. The van der Waals surface area contributed by atoms with Gasteiger partial charge in [0.1, 0.15) is 0 Å². The molecular weight excluding hydrogens is 396 g/mol. The number of halogens is 1. The van der Waals surface area contributed by atoms with E-state index in [-0.39, 0.29) is 17.6 Å². The van der Waals surface area contributed by atoms with Crippen LogP contribution >= 0.6 is 15.9 Å². The summed E-state index contributed by atoms with van der Waals surface area (Å²) in [5.74, 6) is -0.414. The van der Waals surface area contributed by atoms with Crippen molar-refractivity contribution in [2.75, 3.05) is 10.6 Å². The normalized spacial score (nSPS) is 10.4. The zero-order valence-corrected chi connectivity index (χ0v) is 15.9. The van der Waals surface area contributed by atoms with Gasteiger partial charge in [0.25, 0.3) is 11.8 Å². The Kier molecular flexibility index (Phi) is 5.23. The standard InChI is InChI=1S/C20H17BrN2O3/c1-12-5-8-16(15(21)10-12)22-19(24)14-7-6-13(2)17(11-14)23-20(25)18-4-3-9-26-18/h3-11H,1-2H3,(H,22,24)(H,23,25). The number of furan rings is 1. The van der Waals surface area contributed by atoms with Crippen molar-refractivity contribution < 1.29 is 14.0 Å². The first kappa shape index (κ1) is 17.9. The van der Waals surface area contributed by atoms with Crippen LogP contribution < -0.4 is 10.6 Å². The van der Waals surface area contributed by atoms with E-state index in [4.69, 9.17) is 4.42 Å². The molecule has 3 aromatic rings. The third kappa shape index (κ3) is 4.03. The predicted octanol–water partition coefficient (Wildman–Crippen LogP) is 5.16. The van der Waals surface area contributed by atoms with Gasteiger partial charge >= 0.3 is 0 Å². The molecule has 1 heterocycles. The topological polar surface area (TPSA) is 71.3 Å². The fraction of sp³-hybridized carbons (Fsp3) is 0.100. The van der Waals surface area contributed by atoms with E-state index in [2.05, 4.69) is 26.6 Å². The number of aryl methyl sites for hydroxylation is 2. The summed E-state index contributed by atoms with van der Waals surface area (Å²) < 4.78 is 5.90. The number of carbonyl (C=O) groups excluding carboxylic acids is 2. The van der Waals surface area contributed by atoms with E-state index in [1.54, 1.807) is 30.3 Å². The molecule has 0 atom stereocenters. The van der Waals surface area contributed by atoms with Crippen molar-refractivity contribution >= 4 is 39.1 Å². The van der Waals surface area contributed by atoms with Crippen LogP contribution in [0.25, 0.3) is 0 Å². The van der Waals surface area contributed by atoms with Gasteiger partial charge in [-0.05, 0) is 77.3 Å². The molecule has 0 aliphatic heterocycles. The van der Waals surface area contributed by atoms with Crippen molar-refractivity contribution in [3.05, 3.63) is 81.7 Å². The molecule has 0 radical (unpaired) electrons. The minimum atomic E-state index is -0.364. The summed E-state index contributed by atoms with van der Waals surface area (Å²) in [5.41, 5.74) is 3.62. The van der Waals surface area contributed by atoms with Crippen molar-refractivity contribution in [2.45, 2.75) is 13.8 Å². The number of carbonyl (C=O) groups is 2. The lowest BCUT2D eigenvalue weighted by molar-refractivity contribution is 0.0993. The first-order chi connectivity index (χ1) is 12.4. The fourth-order valence-corrected chi connectivity index (χ4v) is 3.00. The second kappa shape index (κ2) is 7.58. The molecule has 2 amide bonds. The van der Waals surface area contributed by atoms with E-state index >= 15 is 0 Å². The third-order valence-electron chi connectivity index (χ3n) is 3.87. The van der Waals surface area contributed by atoms with Crippen LogP contribution in [0.2, 0.25) is 0 Å². The van der Waals surface area contributed by atoms with E-state index in [9.17, 15) is 9.59 Å². The van der Waals surface area contributed by atoms with Crippen LogP contribution in [-0.4, -0.2) is 11.8 Å².